The molecule has 0 atom stereocenters. The van der Waals surface area contributed by atoms with Crippen LogP contribution >= 0.6 is 0 Å². The molecule has 6 nitrogen and oxygen atoms in total. The Morgan fingerprint density at radius 2 is 1.52 bits per heavy atom. The molecule has 0 N–H and O–H groups in total. The van der Waals surface area contributed by atoms with Gasteiger partial charge in [-0.1, -0.05) is 36.4 Å². The van der Waals surface area contributed by atoms with Crippen molar-refractivity contribution in [2.45, 2.75) is 10.6 Å². The van der Waals surface area contributed by atoms with Crippen molar-refractivity contribution < 1.29 is 8.42 Å². The smallest absolute Gasteiger partial charge is 0.185 e. The molecule has 0 spiro atoms. The van der Waals surface area contributed by atoms with Crippen LogP contribution in [0.15, 0.2) is 65.6 Å². The molecule has 106 valence electrons. The van der Waals surface area contributed by atoms with Gasteiger partial charge in [-0.3, -0.25) is 0 Å². The van der Waals surface area contributed by atoms with Gasteiger partial charge in [-0.25, -0.2) is 8.42 Å². The van der Waals surface area contributed by atoms with Crippen molar-refractivity contribution in [3.8, 4) is 5.69 Å². The Hall–Kier alpha value is -2.54. The first-order chi connectivity index (χ1) is 10.2. The zero-order chi connectivity index (χ0) is 14.7. The van der Waals surface area contributed by atoms with Gasteiger partial charge in [0.05, 0.1) is 10.6 Å². The van der Waals surface area contributed by atoms with Crippen molar-refractivity contribution in [3.05, 3.63) is 66.5 Å². The minimum atomic E-state index is -3.48. The molecule has 0 aliphatic carbocycles. The van der Waals surface area contributed by atoms with E-state index in [9.17, 15) is 8.42 Å². The number of tetrazole rings is 1. The van der Waals surface area contributed by atoms with Gasteiger partial charge in [0.1, 0.15) is 5.75 Å². The quantitative estimate of drug-likeness (QED) is 0.732. The standard InChI is InChI=1S/C14H12N4O2S/c19-21(20,13-9-5-2-6-10-13)11-14-15-16-17-18(14)12-7-3-1-4-8-12/h1-10H,11H2. The van der Waals surface area contributed by atoms with Crippen molar-refractivity contribution >= 4 is 9.84 Å². The highest BCUT2D eigenvalue weighted by molar-refractivity contribution is 7.90. The molecule has 0 bridgehead atoms. The minimum Gasteiger partial charge on any atom is -0.223 e. The van der Waals surface area contributed by atoms with E-state index < -0.39 is 9.84 Å². The Kier molecular flexibility index (Phi) is 3.49. The van der Waals surface area contributed by atoms with Crippen LogP contribution in [0.4, 0.5) is 0 Å². The summed E-state index contributed by atoms with van der Waals surface area (Å²) in [5, 5.41) is 11.3. The molecule has 7 heteroatoms. The number of nitrogens with zero attached hydrogens (tertiary/aromatic N) is 4. The lowest BCUT2D eigenvalue weighted by atomic mass is 10.3. The average Bonchev–Trinajstić information content (AvgIpc) is 2.96. The van der Waals surface area contributed by atoms with Crippen molar-refractivity contribution in [3.63, 3.8) is 0 Å². The number of benzene rings is 2. The van der Waals surface area contributed by atoms with E-state index >= 15 is 0 Å². The van der Waals surface area contributed by atoms with Gasteiger partial charge in [-0.2, -0.15) is 4.68 Å². The van der Waals surface area contributed by atoms with Gasteiger partial charge in [-0.05, 0) is 34.7 Å². The Labute approximate surface area is 122 Å². The highest BCUT2D eigenvalue weighted by Gasteiger charge is 2.20. The summed E-state index contributed by atoms with van der Waals surface area (Å²) < 4.78 is 26.2. The van der Waals surface area contributed by atoms with Crippen LogP contribution in [0, 0.1) is 0 Å². The van der Waals surface area contributed by atoms with Crippen LogP contribution in [0.3, 0.4) is 0 Å². The fourth-order valence-corrected chi connectivity index (χ4v) is 3.21. The summed E-state index contributed by atoms with van der Waals surface area (Å²) in [6.07, 6.45) is 0. The van der Waals surface area contributed by atoms with Crippen LogP contribution < -0.4 is 0 Å². The summed E-state index contributed by atoms with van der Waals surface area (Å²) in [6, 6.07) is 17.4. The monoisotopic (exact) mass is 300 g/mol. The maximum atomic E-state index is 12.4. The van der Waals surface area contributed by atoms with Crippen molar-refractivity contribution in [1.29, 1.82) is 0 Å². The summed E-state index contributed by atoms with van der Waals surface area (Å²) in [5.74, 6) is 0.0314. The van der Waals surface area contributed by atoms with Crippen LogP contribution in [0.25, 0.3) is 5.69 Å². The highest BCUT2D eigenvalue weighted by Crippen LogP contribution is 2.16. The van der Waals surface area contributed by atoms with Gasteiger partial charge in [0, 0.05) is 0 Å². The lowest BCUT2D eigenvalue weighted by Gasteiger charge is -2.05. The molecule has 21 heavy (non-hydrogen) atoms. The van der Waals surface area contributed by atoms with Gasteiger partial charge in [-0.15, -0.1) is 5.10 Å². The van der Waals surface area contributed by atoms with E-state index in [2.05, 4.69) is 15.5 Å². The Morgan fingerprint density at radius 3 is 2.19 bits per heavy atom. The van der Waals surface area contributed by atoms with Crippen LogP contribution in [0.1, 0.15) is 5.82 Å². The zero-order valence-electron chi connectivity index (χ0n) is 11.0. The van der Waals surface area contributed by atoms with Gasteiger partial charge in [0.25, 0.3) is 0 Å². The Morgan fingerprint density at radius 1 is 0.905 bits per heavy atom. The van der Waals surface area contributed by atoms with Crippen molar-refractivity contribution in [1.82, 2.24) is 20.2 Å². The molecule has 0 radical (unpaired) electrons. The van der Waals surface area contributed by atoms with E-state index in [1.807, 2.05) is 30.3 Å². The summed E-state index contributed by atoms with van der Waals surface area (Å²) in [4.78, 5) is 0.257. The molecule has 0 fully saturated rings. The van der Waals surface area contributed by atoms with E-state index in [-0.39, 0.29) is 16.5 Å². The van der Waals surface area contributed by atoms with Crippen molar-refractivity contribution in [2.24, 2.45) is 0 Å². The van der Waals surface area contributed by atoms with Crippen LogP contribution in [-0.2, 0) is 15.6 Å². The molecule has 0 saturated carbocycles. The Bertz CT molecular complexity index is 830. The third-order valence-electron chi connectivity index (χ3n) is 2.96. The topological polar surface area (TPSA) is 77.7 Å². The third-order valence-corrected chi connectivity index (χ3v) is 4.58. The maximum absolute atomic E-state index is 12.4. The number of hydrogen-bond acceptors (Lipinski definition) is 5. The third kappa shape index (κ3) is 2.82. The molecule has 1 aromatic heterocycles. The molecule has 0 unspecified atom stereocenters. The molecule has 0 amide bonds. The highest BCUT2D eigenvalue weighted by atomic mass is 32.2. The second-order valence-electron chi connectivity index (χ2n) is 4.41. The number of sulfone groups is 1. The molecule has 3 rings (SSSR count). The molecule has 3 aromatic rings. The fourth-order valence-electron chi connectivity index (χ4n) is 1.95. The lowest BCUT2D eigenvalue weighted by molar-refractivity contribution is 0.592. The maximum Gasteiger partial charge on any atom is 0.185 e. The normalized spacial score (nSPS) is 11.4. The molecule has 2 aromatic carbocycles. The SMILES string of the molecule is O=S(=O)(Cc1nnnn1-c1ccccc1)c1ccccc1. The molecular weight excluding hydrogens is 288 g/mol. The van der Waals surface area contributed by atoms with Gasteiger partial charge < -0.3 is 0 Å². The first-order valence-electron chi connectivity index (χ1n) is 6.27. The predicted molar refractivity (Wildman–Crippen MR) is 76.5 cm³/mol. The number of para-hydroxylation sites is 1. The van der Waals surface area contributed by atoms with E-state index in [0.717, 1.165) is 5.69 Å². The second kappa shape index (κ2) is 5.45. The molecular formula is C14H12N4O2S. The fraction of sp³-hybridized carbons (Fsp3) is 0.0714. The lowest BCUT2D eigenvalue weighted by Crippen LogP contribution is -2.11. The van der Waals surface area contributed by atoms with E-state index in [1.165, 1.54) is 4.68 Å². The van der Waals surface area contributed by atoms with Crippen LogP contribution in [0.2, 0.25) is 0 Å². The van der Waals surface area contributed by atoms with Crippen LogP contribution in [-0.4, -0.2) is 28.6 Å². The number of rotatable bonds is 4. The van der Waals surface area contributed by atoms with Gasteiger partial charge in [0.2, 0.25) is 0 Å². The average molecular weight is 300 g/mol. The summed E-state index contributed by atoms with van der Waals surface area (Å²) in [5.41, 5.74) is 0.723. The van der Waals surface area contributed by atoms with Gasteiger partial charge in [0.15, 0.2) is 15.7 Å². The molecule has 1 heterocycles. The summed E-state index contributed by atoms with van der Waals surface area (Å²) >= 11 is 0. The second-order valence-corrected chi connectivity index (χ2v) is 6.40. The van der Waals surface area contributed by atoms with E-state index in [0.29, 0.717) is 0 Å². The van der Waals surface area contributed by atoms with Gasteiger partial charge >= 0.3 is 0 Å². The molecule has 0 aliphatic rings. The van der Waals surface area contributed by atoms with Crippen molar-refractivity contribution in [2.75, 3.05) is 0 Å². The first kappa shape index (κ1) is 13.4. The molecule has 0 saturated heterocycles. The summed E-state index contributed by atoms with van der Waals surface area (Å²) in [7, 11) is -3.48. The zero-order valence-corrected chi connectivity index (χ0v) is 11.8. The minimum absolute atomic E-state index is 0.251. The predicted octanol–water partition coefficient (Wildman–Crippen LogP) is 1.64. The summed E-state index contributed by atoms with van der Waals surface area (Å²) in [6.45, 7) is 0. The van der Waals surface area contributed by atoms with E-state index in [4.69, 9.17) is 0 Å². The first-order valence-corrected chi connectivity index (χ1v) is 7.92. The Balaban J connectivity index is 1.96. The number of hydrogen-bond donors (Lipinski definition) is 0. The molecule has 0 aliphatic heterocycles. The largest absolute Gasteiger partial charge is 0.223 e. The van der Waals surface area contributed by atoms with Crippen LogP contribution in [0.5, 0.6) is 0 Å². The van der Waals surface area contributed by atoms with E-state index in [1.54, 1.807) is 30.3 Å². The number of aromatic nitrogens is 4.